The normalized spacial score (nSPS) is 9.42. The minimum atomic E-state index is 0.00376. The first-order chi connectivity index (χ1) is 5.91. The Balaban J connectivity index is 2.77. The monoisotopic (exact) mass is 180 g/mol. The van der Waals surface area contributed by atoms with E-state index >= 15 is 0 Å². The van der Waals surface area contributed by atoms with Crippen molar-refractivity contribution in [1.29, 1.82) is 0 Å². The molecule has 0 aliphatic carbocycles. The highest BCUT2D eigenvalue weighted by atomic mass is 24.5. The van der Waals surface area contributed by atoms with Gasteiger partial charge >= 0.3 is 20.4 Å². The molecule has 68 valence electrons. The zero-order valence-corrected chi connectivity index (χ0v) is 9.76. The summed E-state index contributed by atoms with van der Waals surface area (Å²) in [4.78, 5) is 10.0. The minimum absolute atomic E-state index is 0.00376. The van der Waals surface area contributed by atoms with Crippen LogP contribution in [0.4, 0.5) is 0 Å². The second-order valence-corrected chi connectivity index (χ2v) is 5.42. The highest BCUT2D eigenvalue weighted by Gasteiger charge is 1.94. The Hall–Kier alpha value is 0.436. The van der Waals surface area contributed by atoms with Gasteiger partial charge in [-0.05, 0) is 0 Å². The number of hydrogen-bond donors (Lipinski definition) is 0. The topological polar surface area (TPSA) is 17.1 Å². The van der Waals surface area contributed by atoms with E-state index in [1.165, 1.54) is 43.1 Å². The fraction of sp³-hybridized carbons (Fsp3) is 0.900. The van der Waals surface area contributed by atoms with Gasteiger partial charge < -0.3 is 4.79 Å². The maximum Gasteiger partial charge on any atom is 0.375 e. The highest BCUT2D eigenvalue weighted by Crippen LogP contribution is 2.06. The number of unbranched alkanes of at least 4 members (excludes halogenated alkanes) is 5. The van der Waals surface area contributed by atoms with Crippen LogP contribution in [0.3, 0.4) is 0 Å². The Morgan fingerprint density at radius 3 is 2.42 bits per heavy atom. The molecule has 0 bridgehead atoms. The van der Waals surface area contributed by atoms with E-state index in [9.17, 15) is 4.79 Å². The summed E-state index contributed by atoms with van der Waals surface area (Å²) < 4.78 is 2.28. The molecule has 0 N–H and O–H groups in total. The SMILES string of the molecule is CCCCCCC[CH2][Mg][CH2]C=O. The zero-order chi connectivity index (χ0) is 9.07. The largest absolute Gasteiger partial charge is 0.375 e. The molecule has 0 fully saturated rings. The third kappa shape index (κ3) is 10.4. The fourth-order valence-corrected chi connectivity index (χ4v) is 2.52. The maximum absolute atomic E-state index is 10.0. The molecule has 0 aromatic carbocycles. The molecule has 12 heavy (non-hydrogen) atoms. The molecule has 0 saturated heterocycles. The molecule has 0 saturated carbocycles. The second kappa shape index (κ2) is 11.4. The number of rotatable bonds is 9. The van der Waals surface area contributed by atoms with Crippen molar-refractivity contribution < 1.29 is 4.79 Å². The third-order valence-electron chi connectivity index (χ3n) is 2.18. The van der Waals surface area contributed by atoms with Crippen LogP contribution in [-0.2, 0) is 4.79 Å². The van der Waals surface area contributed by atoms with E-state index in [-0.39, 0.29) is 20.4 Å². The number of aldehydes is 1. The molecule has 2 heteroatoms. The molecule has 0 aliphatic heterocycles. The maximum atomic E-state index is 10.0. The Morgan fingerprint density at radius 2 is 1.75 bits per heavy atom. The zero-order valence-electron chi connectivity index (χ0n) is 8.35. The van der Waals surface area contributed by atoms with E-state index in [0.29, 0.717) is 0 Å². The van der Waals surface area contributed by atoms with Crippen LogP contribution < -0.4 is 0 Å². The van der Waals surface area contributed by atoms with Crippen LogP contribution >= 0.6 is 0 Å². The van der Waals surface area contributed by atoms with Gasteiger partial charge in [0.2, 0.25) is 0 Å². The van der Waals surface area contributed by atoms with Crippen LogP contribution in [0, 0.1) is 0 Å². The lowest BCUT2D eigenvalue weighted by Gasteiger charge is -1.98. The quantitative estimate of drug-likeness (QED) is 0.303. The molecular weight excluding hydrogens is 160 g/mol. The van der Waals surface area contributed by atoms with E-state index in [1.807, 2.05) is 0 Å². The van der Waals surface area contributed by atoms with Crippen LogP contribution in [-0.4, -0.2) is 26.7 Å². The molecule has 0 unspecified atom stereocenters. The van der Waals surface area contributed by atoms with Crippen molar-refractivity contribution in [3.63, 3.8) is 0 Å². The number of carbonyl (C=O) groups is 1. The van der Waals surface area contributed by atoms with Crippen LogP contribution in [0.5, 0.6) is 0 Å². The third-order valence-corrected chi connectivity index (χ3v) is 3.82. The van der Waals surface area contributed by atoms with E-state index in [2.05, 4.69) is 6.92 Å². The lowest BCUT2D eigenvalue weighted by Crippen LogP contribution is -1.89. The van der Waals surface area contributed by atoms with Gasteiger partial charge in [-0.2, -0.15) is 0 Å². The first-order valence-corrected chi connectivity index (χ1v) is 7.35. The van der Waals surface area contributed by atoms with E-state index in [1.54, 1.807) is 0 Å². The lowest BCUT2D eigenvalue weighted by atomic mass is 10.1. The average Bonchev–Trinajstić information content (AvgIpc) is 2.10. The molecule has 1 nitrogen and oxygen atoms in total. The molecular formula is C10H20MgO. The number of carbonyl (C=O) groups excluding carboxylic acids is 1. The smallest absolute Gasteiger partial charge is 0.306 e. The van der Waals surface area contributed by atoms with Crippen LogP contribution in [0.25, 0.3) is 0 Å². The Kier molecular flexibility index (Phi) is 11.9. The molecule has 0 heterocycles. The summed E-state index contributed by atoms with van der Waals surface area (Å²) in [6.07, 6.45) is 9.40. The van der Waals surface area contributed by atoms with Gasteiger partial charge in [-0.15, -0.1) is 4.55 Å². The van der Waals surface area contributed by atoms with Crippen molar-refractivity contribution in [2.45, 2.75) is 54.5 Å². The predicted octanol–water partition coefficient (Wildman–Crippen LogP) is 3.09. The standard InChI is InChI=1S/C8H17.C2H3O.Mg/c1-3-5-7-8-6-4-2;1-2-3;/h1,3-8H2,2H3;2H,1H2;. The summed E-state index contributed by atoms with van der Waals surface area (Å²) >= 11 is 0.00376. The summed E-state index contributed by atoms with van der Waals surface area (Å²) in [5, 5.41) is 0. The van der Waals surface area contributed by atoms with Crippen molar-refractivity contribution in [1.82, 2.24) is 0 Å². The van der Waals surface area contributed by atoms with Gasteiger partial charge in [0.1, 0.15) is 0 Å². The second-order valence-electron chi connectivity index (χ2n) is 3.43. The van der Waals surface area contributed by atoms with Gasteiger partial charge in [0, 0.05) is 0 Å². The van der Waals surface area contributed by atoms with Crippen LogP contribution in [0.2, 0.25) is 9.10 Å². The first kappa shape index (κ1) is 12.4. The summed E-state index contributed by atoms with van der Waals surface area (Å²) in [7, 11) is 0. The van der Waals surface area contributed by atoms with Crippen molar-refractivity contribution in [2.24, 2.45) is 0 Å². The van der Waals surface area contributed by atoms with Crippen molar-refractivity contribution in [3.05, 3.63) is 0 Å². The summed E-state index contributed by atoms with van der Waals surface area (Å²) in [6.45, 7) is 2.25. The van der Waals surface area contributed by atoms with Gasteiger partial charge in [0.15, 0.2) is 0 Å². The summed E-state index contributed by atoms with van der Waals surface area (Å²) in [5.41, 5.74) is 0. The molecule has 0 aromatic rings. The average molecular weight is 181 g/mol. The fourth-order valence-electron chi connectivity index (χ4n) is 1.36. The molecule has 0 rings (SSSR count). The van der Waals surface area contributed by atoms with E-state index < -0.39 is 0 Å². The van der Waals surface area contributed by atoms with Crippen LogP contribution in [0.1, 0.15) is 45.4 Å². The van der Waals surface area contributed by atoms with Gasteiger partial charge in [0.05, 0.1) is 6.29 Å². The molecule has 0 spiro atoms. The van der Waals surface area contributed by atoms with E-state index in [0.717, 1.165) is 10.8 Å². The van der Waals surface area contributed by atoms with Crippen molar-refractivity contribution in [3.8, 4) is 0 Å². The lowest BCUT2D eigenvalue weighted by molar-refractivity contribution is -0.106. The molecule has 0 amide bonds. The Morgan fingerprint density at radius 1 is 1.08 bits per heavy atom. The Labute approximate surface area is 86.0 Å². The van der Waals surface area contributed by atoms with Gasteiger partial charge in [-0.1, -0.05) is 50.0 Å². The molecule has 0 aliphatic rings. The predicted molar refractivity (Wildman–Crippen MR) is 54.8 cm³/mol. The van der Waals surface area contributed by atoms with Crippen molar-refractivity contribution >= 4 is 26.7 Å². The highest BCUT2D eigenvalue weighted by molar-refractivity contribution is 6.39. The molecule has 0 aromatic heterocycles. The van der Waals surface area contributed by atoms with Crippen molar-refractivity contribution in [2.75, 3.05) is 0 Å². The van der Waals surface area contributed by atoms with Gasteiger partial charge in [0.25, 0.3) is 0 Å². The molecule has 0 radical (unpaired) electrons. The molecule has 0 atom stereocenters. The first-order valence-electron chi connectivity index (χ1n) is 5.35. The summed E-state index contributed by atoms with van der Waals surface area (Å²) in [5.74, 6) is 0. The number of hydrogen-bond acceptors (Lipinski definition) is 1. The van der Waals surface area contributed by atoms with Crippen LogP contribution in [0.15, 0.2) is 0 Å². The van der Waals surface area contributed by atoms with E-state index in [4.69, 9.17) is 0 Å². The Bertz CT molecular complexity index is 93.8. The summed E-state index contributed by atoms with van der Waals surface area (Å²) in [6, 6.07) is 0. The van der Waals surface area contributed by atoms with Gasteiger partial charge in [-0.25, -0.2) is 0 Å². The minimum Gasteiger partial charge on any atom is -0.306 e. The van der Waals surface area contributed by atoms with Gasteiger partial charge in [-0.3, -0.25) is 0 Å².